The minimum absolute atomic E-state index is 0.131. The molecule has 0 aliphatic rings. The van der Waals surface area contributed by atoms with Gasteiger partial charge in [-0.2, -0.15) is 0 Å². The van der Waals surface area contributed by atoms with Gasteiger partial charge >= 0.3 is 5.97 Å². The summed E-state index contributed by atoms with van der Waals surface area (Å²) in [6.07, 6.45) is 0. The van der Waals surface area contributed by atoms with Crippen LogP contribution in [0.1, 0.15) is 31.1 Å². The summed E-state index contributed by atoms with van der Waals surface area (Å²) >= 11 is 3.31. The summed E-state index contributed by atoms with van der Waals surface area (Å²) in [5.74, 6) is -0.720. The van der Waals surface area contributed by atoms with Crippen LogP contribution in [-0.2, 0) is 14.3 Å². The summed E-state index contributed by atoms with van der Waals surface area (Å²) in [4.78, 5) is 37.4. The Hall–Kier alpha value is -2.29. The van der Waals surface area contributed by atoms with Crippen molar-refractivity contribution in [2.24, 2.45) is 0 Å². The highest BCUT2D eigenvalue weighted by Gasteiger charge is 2.20. The molecule has 9 heteroatoms. The highest BCUT2D eigenvalue weighted by atomic mass is 79.9. The average Bonchev–Trinajstić information content (AvgIpc) is 2.57. The molecule has 0 radical (unpaired) electrons. The molecule has 1 rings (SSSR count). The van der Waals surface area contributed by atoms with Gasteiger partial charge in [-0.1, -0.05) is 0 Å². The lowest BCUT2D eigenvalue weighted by atomic mass is 10.1. The Morgan fingerprint density at radius 1 is 1.11 bits per heavy atom. The summed E-state index contributed by atoms with van der Waals surface area (Å²) < 4.78 is 15.9. The molecular weight excluding hydrogens is 420 g/mol. The smallest absolute Gasteiger partial charge is 0.338 e. The second kappa shape index (κ2) is 9.59. The Labute approximate surface area is 167 Å². The molecule has 150 valence electrons. The molecule has 0 saturated heterocycles. The Bertz CT molecular complexity index is 689. The van der Waals surface area contributed by atoms with E-state index in [0.717, 1.165) is 0 Å². The molecule has 0 aromatic heterocycles. The van der Waals surface area contributed by atoms with E-state index < -0.39 is 24.0 Å². The molecule has 0 aliphatic heterocycles. The van der Waals surface area contributed by atoms with E-state index in [9.17, 15) is 14.4 Å². The Balaban J connectivity index is 2.68. The van der Waals surface area contributed by atoms with Crippen molar-refractivity contribution < 1.29 is 28.6 Å². The molecule has 0 saturated carbocycles. The number of hydrogen-bond acceptors (Lipinski definition) is 6. The molecule has 27 heavy (non-hydrogen) atoms. The predicted molar refractivity (Wildman–Crippen MR) is 103 cm³/mol. The van der Waals surface area contributed by atoms with E-state index in [1.54, 1.807) is 0 Å². The molecule has 1 N–H and O–H groups in total. The van der Waals surface area contributed by atoms with Crippen molar-refractivity contribution in [1.29, 1.82) is 0 Å². The Morgan fingerprint density at radius 3 is 2.07 bits per heavy atom. The summed E-state index contributed by atoms with van der Waals surface area (Å²) in [6.45, 7) is 4.91. The molecule has 0 aliphatic carbocycles. The number of carbonyl (C=O) groups is 3. The first-order valence-electron chi connectivity index (χ1n) is 8.12. The number of ether oxygens (including phenoxy) is 3. The van der Waals surface area contributed by atoms with Crippen LogP contribution in [0.15, 0.2) is 16.6 Å². The first-order valence-corrected chi connectivity index (χ1v) is 8.91. The SMILES string of the molecule is COc1cc(C(=O)OCC(=O)N(C)CC(=O)NC(C)(C)C)cc(OC)c1Br. The number of likely N-dealkylation sites (N-methyl/N-ethyl adjacent to an activating group) is 1. The third kappa shape index (κ3) is 7.09. The molecule has 1 aromatic carbocycles. The Morgan fingerprint density at radius 2 is 1.63 bits per heavy atom. The van der Waals surface area contributed by atoms with Crippen LogP contribution in [0.2, 0.25) is 0 Å². The summed E-state index contributed by atoms with van der Waals surface area (Å²) in [7, 11) is 4.37. The number of hydrogen-bond donors (Lipinski definition) is 1. The third-order valence-electron chi connectivity index (χ3n) is 3.33. The van der Waals surface area contributed by atoms with Crippen LogP contribution in [0.5, 0.6) is 11.5 Å². The van der Waals surface area contributed by atoms with Gasteiger partial charge in [0.2, 0.25) is 5.91 Å². The number of benzene rings is 1. The summed E-state index contributed by atoms with van der Waals surface area (Å²) in [5.41, 5.74) is -0.222. The molecule has 0 atom stereocenters. The molecule has 0 spiro atoms. The minimum atomic E-state index is -0.708. The fraction of sp³-hybridized carbons (Fsp3) is 0.500. The number of methoxy groups -OCH3 is 2. The monoisotopic (exact) mass is 444 g/mol. The minimum Gasteiger partial charge on any atom is -0.495 e. The zero-order chi connectivity index (χ0) is 20.8. The first kappa shape index (κ1) is 22.8. The fourth-order valence-electron chi connectivity index (χ4n) is 2.07. The van der Waals surface area contributed by atoms with Gasteiger partial charge in [0.25, 0.3) is 5.91 Å². The maximum atomic E-state index is 12.2. The quantitative estimate of drug-likeness (QED) is 0.646. The second-order valence-electron chi connectivity index (χ2n) is 6.82. The van der Waals surface area contributed by atoms with Crippen molar-refractivity contribution in [2.75, 3.05) is 34.4 Å². The number of amides is 2. The topological polar surface area (TPSA) is 94.2 Å². The van der Waals surface area contributed by atoms with Crippen LogP contribution in [0.4, 0.5) is 0 Å². The predicted octanol–water partition coefficient (Wildman–Crippen LogP) is 2.00. The number of nitrogens with one attached hydrogen (secondary N) is 1. The lowest BCUT2D eigenvalue weighted by Crippen LogP contribution is -2.46. The standard InChI is InChI=1S/C18H25BrN2O6/c1-18(2,3)20-14(22)9-21(4)15(23)10-27-17(24)11-7-12(25-5)16(19)13(8-11)26-6/h7-8H,9-10H2,1-6H3,(H,20,22). The van der Waals surface area contributed by atoms with E-state index in [4.69, 9.17) is 14.2 Å². The van der Waals surface area contributed by atoms with Crippen LogP contribution in [0, 0.1) is 0 Å². The maximum absolute atomic E-state index is 12.2. The lowest BCUT2D eigenvalue weighted by Gasteiger charge is -2.23. The van der Waals surface area contributed by atoms with E-state index in [2.05, 4.69) is 21.2 Å². The van der Waals surface area contributed by atoms with Crippen molar-refractivity contribution >= 4 is 33.7 Å². The molecule has 0 bridgehead atoms. The summed E-state index contributed by atoms with van der Waals surface area (Å²) in [5, 5.41) is 2.75. The van der Waals surface area contributed by atoms with Crippen LogP contribution in [0.3, 0.4) is 0 Å². The Kier molecular flexibility index (Phi) is 8.08. The van der Waals surface area contributed by atoms with Gasteiger partial charge < -0.3 is 24.4 Å². The van der Waals surface area contributed by atoms with Crippen LogP contribution >= 0.6 is 15.9 Å². The van der Waals surface area contributed by atoms with Gasteiger partial charge in [-0.15, -0.1) is 0 Å². The van der Waals surface area contributed by atoms with E-state index in [-0.39, 0.29) is 18.0 Å². The van der Waals surface area contributed by atoms with Gasteiger partial charge in [0.15, 0.2) is 6.61 Å². The van der Waals surface area contributed by atoms with E-state index in [1.807, 2.05) is 20.8 Å². The number of rotatable bonds is 7. The highest BCUT2D eigenvalue weighted by Crippen LogP contribution is 2.35. The van der Waals surface area contributed by atoms with E-state index in [0.29, 0.717) is 16.0 Å². The van der Waals surface area contributed by atoms with Gasteiger partial charge in [0, 0.05) is 12.6 Å². The molecule has 0 heterocycles. The van der Waals surface area contributed by atoms with Crippen molar-refractivity contribution in [2.45, 2.75) is 26.3 Å². The van der Waals surface area contributed by atoms with Gasteiger partial charge in [0.05, 0.1) is 26.3 Å². The van der Waals surface area contributed by atoms with E-state index >= 15 is 0 Å². The highest BCUT2D eigenvalue weighted by molar-refractivity contribution is 9.10. The lowest BCUT2D eigenvalue weighted by molar-refractivity contribution is -0.137. The van der Waals surface area contributed by atoms with E-state index in [1.165, 1.54) is 38.3 Å². The van der Waals surface area contributed by atoms with Crippen molar-refractivity contribution in [3.63, 3.8) is 0 Å². The average molecular weight is 445 g/mol. The third-order valence-corrected chi connectivity index (χ3v) is 4.11. The van der Waals surface area contributed by atoms with Crippen LogP contribution in [-0.4, -0.2) is 62.6 Å². The molecular formula is C18H25BrN2O6. The number of carbonyl (C=O) groups excluding carboxylic acids is 3. The van der Waals surface area contributed by atoms with Crippen molar-refractivity contribution in [3.05, 3.63) is 22.2 Å². The van der Waals surface area contributed by atoms with Gasteiger partial charge in [-0.05, 0) is 48.8 Å². The molecule has 8 nitrogen and oxygen atoms in total. The number of esters is 1. The summed E-state index contributed by atoms with van der Waals surface area (Å²) in [6, 6.07) is 2.94. The maximum Gasteiger partial charge on any atom is 0.338 e. The van der Waals surface area contributed by atoms with Gasteiger partial charge in [-0.3, -0.25) is 9.59 Å². The molecule has 2 amide bonds. The molecule has 1 aromatic rings. The largest absolute Gasteiger partial charge is 0.495 e. The van der Waals surface area contributed by atoms with Crippen LogP contribution < -0.4 is 14.8 Å². The van der Waals surface area contributed by atoms with Crippen molar-refractivity contribution in [3.8, 4) is 11.5 Å². The zero-order valence-electron chi connectivity index (χ0n) is 16.3. The van der Waals surface area contributed by atoms with Gasteiger partial charge in [-0.25, -0.2) is 4.79 Å². The van der Waals surface area contributed by atoms with Gasteiger partial charge in [0.1, 0.15) is 16.0 Å². The number of nitrogens with zero attached hydrogens (tertiary/aromatic N) is 1. The zero-order valence-corrected chi connectivity index (χ0v) is 17.9. The normalized spacial score (nSPS) is 10.8. The molecule has 0 fully saturated rings. The molecule has 0 unspecified atom stereocenters. The number of halogens is 1. The first-order chi connectivity index (χ1) is 12.5. The van der Waals surface area contributed by atoms with Crippen molar-refractivity contribution in [1.82, 2.24) is 10.2 Å². The van der Waals surface area contributed by atoms with Crippen LogP contribution in [0.25, 0.3) is 0 Å². The second-order valence-corrected chi connectivity index (χ2v) is 7.61. The fourth-order valence-corrected chi connectivity index (χ4v) is 2.62.